The van der Waals surface area contributed by atoms with Crippen molar-refractivity contribution in [3.05, 3.63) is 0 Å². The zero-order valence-corrected chi connectivity index (χ0v) is 10.7. The molecule has 0 spiro atoms. The number of hydrogen-bond donors (Lipinski definition) is 1. The molecule has 0 heterocycles. The Morgan fingerprint density at radius 2 is 1.43 bits per heavy atom. The van der Waals surface area contributed by atoms with Crippen LogP contribution in [0.1, 0.15) is 54.9 Å². The van der Waals surface area contributed by atoms with E-state index < -0.39 is 0 Å². The normalized spacial score (nSPS) is 17.1. The standard InChI is InChI=1S/C12H24N2/c1-10(2,3)8-12(7,14-9-13)11(4,5)6/h13H,8H2,1-7H3. The van der Waals surface area contributed by atoms with Crippen LogP contribution in [0, 0.1) is 16.2 Å². The molecular weight excluding hydrogens is 172 g/mol. The molecule has 1 unspecified atom stereocenters. The predicted octanol–water partition coefficient (Wildman–Crippen LogP) is 3.98. The summed E-state index contributed by atoms with van der Waals surface area (Å²) in [6.07, 6.45) is 0.968. The summed E-state index contributed by atoms with van der Waals surface area (Å²) >= 11 is 0. The van der Waals surface area contributed by atoms with E-state index in [1.54, 1.807) is 0 Å². The van der Waals surface area contributed by atoms with Gasteiger partial charge in [0, 0.05) is 0 Å². The second-order valence-corrected chi connectivity index (χ2v) is 6.48. The van der Waals surface area contributed by atoms with Crippen LogP contribution in [0.4, 0.5) is 0 Å². The predicted molar refractivity (Wildman–Crippen MR) is 62.1 cm³/mol. The molecule has 14 heavy (non-hydrogen) atoms. The molecule has 0 amide bonds. The summed E-state index contributed by atoms with van der Waals surface area (Å²) in [5, 5.41) is 7.03. The van der Waals surface area contributed by atoms with Gasteiger partial charge in [-0.2, -0.15) is 0 Å². The molecule has 0 aromatic carbocycles. The van der Waals surface area contributed by atoms with Crippen LogP contribution in [0.2, 0.25) is 0 Å². The Labute approximate surface area is 88.3 Å². The van der Waals surface area contributed by atoms with Gasteiger partial charge in [-0.15, -0.1) is 0 Å². The van der Waals surface area contributed by atoms with Crippen molar-refractivity contribution in [1.29, 1.82) is 5.41 Å². The maximum absolute atomic E-state index is 7.03. The van der Waals surface area contributed by atoms with Crippen molar-refractivity contribution in [1.82, 2.24) is 0 Å². The van der Waals surface area contributed by atoms with E-state index >= 15 is 0 Å². The van der Waals surface area contributed by atoms with Crippen molar-refractivity contribution in [2.45, 2.75) is 60.4 Å². The Kier molecular flexibility index (Phi) is 3.69. The fourth-order valence-corrected chi connectivity index (χ4v) is 1.63. The first kappa shape index (κ1) is 13.4. The third kappa shape index (κ3) is 3.63. The van der Waals surface area contributed by atoms with Crippen molar-refractivity contribution < 1.29 is 0 Å². The van der Waals surface area contributed by atoms with E-state index in [1.807, 2.05) is 0 Å². The summed E-state index contributed by atoms with van der Waals surface area (Å²) in [4.78, 5) is 4.23. The second-order valence-electron chi connectivity index (χ2n) is 6.48. The SMILES string of the molecule is CC(C)(C)CC(C)(N=C=N)C(C)(C)C. The molecule has 0 saturated carbocycles. The van der Waals surface area contributed by atoms with Gasteiger partial charge in [-0.3, -0.25) is 0 Å². The van der Waals surface area contributed by atoms with Crippen molar-refractivity contribution in [3.63, 3.8) is 0 Å². The van der Waals surface area contributed by atoms with E-state index in [1.165, 1.54) is 0 Å². The van der Waals surface area contributed by atoms with E-state index in [9.17, 15) is 0 Å². The lowest BCUT2D eigenvalue weighted by Crippen LogP contribution is -2.41. The molecule has 0 rings (SSSR count). The van der Waals surface area contributed by atoms with Crippen molar-refractivity contribution in [2.24, 2.45) is 15.8 Å². The molecule has 0 fully saturated rings. The lowest BCUT2D eigenvalue weighted by Gasteiger charge is -2.41. The van der Waals surface area contributed by atoms with E-state index in [2.05, 4.69) is 59.5 Å². The molecule has 1 N–H and O–H groups in total. The topological polar surface area (TPSA) is 36.2 Å². The van der Waals surface area contributed by atoms with Crippen LogP contribution in [-0.2, 0) is 0 Å². The molecule has 0 bridgehead atoms. The van der Waals surface area contributed by atoms with Crippen LogP contribution in [-0.4, -0.2) is 11.5 Å². The van der Waals surface area contributed by atoms with Crippen LogP contribution in [0.25, 0.3) is 0 Å². The van der Waals surface area contributed by atoms with E-state index in [4.69, 9.17) is 5.41 Å². The summed E-state index contributed by atoms with van der Waals surface area (Å²) in [5.41, 5.74) is 0.0870. The fourth-order valence-electron chi connectivity index (χ4n) is 1.63. The molecule has 2 heteroatoms. The van der Waals surface area contributed by atoms with Crippen LogP contribution in [0.5, 0.6) is 0 Å². The highest BCUT2D eigenvalue weighted by Crippen LogP contribution is 2.41. The van der Waals surface area contributed by atoms with Crippen LogP contribution < -0.4 is 0 Å². The molecular formula is C12H24N2. The molecule has 1 atom stereocenters. The molecule has 0 aliphatic heterocycles. The Hall–Kier alpha value is -0.620. The summed E-state index contributed by atoms with van der Waals surface area (Å²) in [5.74, 6) is 0. The molecule has 0 aromatic rings. The highest BCUT2D eigenvalue weighted by Gasteiger charge is 2.40. The first-order valence-electron chi connectivity index (χ1n) is 5.15. The molecule has 0 saturated heterocycles. The van der Waals surface area contributed by atoms with Gasteiger partial charge < -0.3 is 0 Å². The molecule has 0 radical (unpaired) electrons. The van der Waals surface area contributed by atoms with Gasteiger partial charge in [0.15, 0.2) is 0 Å². The van der Waals surface area contributed by atoms with Crippen molar-refractivity contribution >= 4 is 6.01 Å². The van der Waals surface area contributed by atoms with Gasteiger partial charge in [0.1, 0.15) is 0 Å². The average molecular weight is 196 g/mol. The first-order valence-corrected chi connectivity index (χ1v) is 5.15. The van der Waals surface area contributed by atoms with E-state index in [0.717, 1.165) is 6.42 Å². The van der Waals surface area contributed by atoms with Crippen molar-refractivity contribution in [3.8, 4) is 0 Å². The molecule has 2 nitrogen and oxygen atoms in total. The minimum Gasteiger partial charge on any atom is -0.242 e. The second kappa shape index (κ2) is 3.86. The minimum absolute atomic E-state index is 0.0638. The van der Waals surface area contributed by atoms with Crippen LogP contribution in [0.15, 0.2) is 4.99 Å². The molecule has 0 aliphatic carbocycles. The van der Waals surface area contributed by atoms with Gasteiger partial charge in [0.25, 0.3) is 0 Å². The number of aliphatic imine (C=N–C) groups is 1. The van der Waals surface area contributed by atoms with E-state index in [0.29, 0.717) is 0 Å². The summed E-state index contributed by atoms with van der Waals surface area (Å²) in [6.45, 7) is 15.2. The summed E-state index contributed by atoms with van der Waals surface area (Å²) < 4.78 is 0. The third-order valence-electron chi connectivity index (χ3n) is 2.79. The maximum atomic E-state index is 7.03. The fraction of sp³-hybridized carbons (Fsp3) is 0.917. The first-order chi connectivity index (χ1) is 6.02. The lowest BCUT2D eigenvalue weighted by molar-refractivity contribution is 0.144. The van der Waals surface area contributed by atoms with Crippen LogP contribution in [0.3, 0.4) is 0 Å². The summed E-state index contributed by atoms with van der Waals surface area (Å²) in [7, 11) is 0. The maximum Gasteiger partial charge on any atom is 0.0867 e. The Morgan fingerprint density at radius 1 is 1.00 bits per heavy atom. The molecule has 82 valence electrons. The largest absolute Gasteiger partial charge is 0.242 e. The lowest BCUT2D eigenvalue weighted by atomic mass is 9.67. The van der Waals surface area contributed by atoms with E-state index in [-0.39, 0.29) is 16.4 Å². The number of hydrogen-bond acceptors (Lipinski definition) is 2. The highest BCUT2D eigenvalue weighted by atomic mass is 14.9. The highest BCUT2D eigenvalue weighted by molar-refractivity contribution is 5.38. The van der Waals surface area contributed by atoms with Gasteiger partial charge in [-0.25, -0.2) is 10.4 Å². The third-order valence-corrected chi connectivity index (χ3v) is 2.79. The van der Waals surface area contributed by atoms with Gasteiger partial charge in [0.2, 0.25) is 0 Å². The zero-order chi connectivity index (χ0) is 11.6. The molecule has 0 aliphatic rings. The average Bonchev–Trinajstić information content (AvgIpc) is 1.79. The molecule has 0 aromatic heterocycles. The zero-order valence-electron chi connectivity index (χ0n) is 10.7. The van der Waals surface area contributed by atoms with Gasteiger partial charge in [0.05, 0.1) is 11.5 Å². The summed E-state index contributed by atoms with van der Waals surface area (Å²) in [6, 6.07) is 2.21. The number of nitrogens with zero attached hydrogens (tertiary/aromatic N) is 1. The van der Waals surface area contributed by atoms with Gasteiger partial charge >= 0.3 is 0 Å². The Balaban J connectivity index is 5.03. The number of rotatable bonds is 2. The van der Waals surface area contributed by atoms with Crippen LogP contribution >= 0.6 is 0 Å². The van der Waals surface area contributed by atoms with Gasteiger partial charge in [-0.05, 0) is 24.2 Å². The Bertz CT molecular complexity index is 236. The number of nitrogens with one attached hydrogen (secondary N) is 1. The van der Waals surface area contributed by atoms with Gasteiger partial charge in [-0.1, -0.05) is 41.5 Å². The smallest absolute Gasteiger partial charge is 0.0867 e. The van der Waals surface area contributed by atoms with Crippen molar-refractivity contribution in [2.75, 3.05) is 0 Å². The monoisotopic (exact) mass is 196 g/mol. The Morgan fingerprint density at radius 3 is 1.64 bits per heavy atom. The quantitative estimate of drug-likeness (QED) is 0.649. The minimum atomic E-state index is -0.201.